The van der Waals surface area contributed by atoms with Gasteiger partial charge in [0.25, 0.3) is 10.0 Å². The number of nitrogens with one attached hydrogen (secondary N) is 1. The fourth-order valence-electron chi connectivity index (χ4n) is 2.79. The van der Waals surface area contributed by atoms with Crippen LogP contribution in [0.2, 0.25) is 0 Å². The molecule has 0 bridgehead atoms. The standard InChI is InChI=1S/C19H22N2O2S/c1-16-9-11-19(12-10-16)24(22,23)20-18-8-5-13-21(15-18)14-17-6-3-2-4-7-17/h2-4,6-7,9-12,15,20H,5,8,13-14H2,1H3. The Labute approximate surface area is 143 Å². The van der Waals surface area contributed by atoms with Gasteiger partial charge in [-0.2, -0.15) is 0 Å². The lowest BCUT2D eigenvalue weighted by Crippen LogP contribution is -2.30. The summed E-state index contributed by atoms with van der Waals surface area (Å²) in [5.74, 6) is 0. The number of hydrogen-bond acceptors (Lipinski definition) is 3. The smallest absolute Gasteiger partial charge is 0.261 e. The summed E-state index contributed by atoms with van der Waals surface area (Å²) in [4.78, 5) is 2.46. The molecule has 2 aromatic carbocycles. The fraction of sp³-hybridized carbons (Fsp3) is 0.263. The van der Waals surface area contributed by atoms with Gasteiger partial charge in [-0.1, -0.05) is 48.0 Å². The quantitative estimate of drug-likeness (QED) is 0.906. The Kier molecular flexibility index (Phi) is 4.90. The maximum Gasteiger partial charge on any atom is 0.261 e. The van der Waals surface area contributed by atoms with Crippen LogP contribution in [0.25, 0.3) is 0 Å². The molecular weight excluding hydrogens is 320 g/mol. The number of allylic oxidation sites excluding steroid dienone is 1. The Bertz CT molecular complexity index is 812. The predicted octanol–water partition coefficient (Wildman–Crippen LogP) is 3.41. The topological polar surface area (TPSA) is 49.4 Å². The third kappa shape index (κ3) is 4.17. The zero-order valence-corrected chi connectivity index (χ0v) is 14.6. The lowest BCUT2D eigenvalue weighted by Gasteiger charge is -2.27. The van der Waals surface area contributed by atoms with E-state index in [9.17, 15) is 8.42 Å². The molecule has 1 aliphatic rings. The third-order valence-corrected chi connectivity index (χ3v) is 5.48. The highest BCUT2D eigenvalue weighted by Crippen LogP contribution is 2.18. The Morgan fingerprint density at radius 3 is 2.46 bits per heavy atom. The molecule has 0 radical (unpaired) electrons. The molecule has 0 fully saturated rings. The zero-order valence-electron chi connectivity index (χ0n) is 13.8. The van der Waals surface area contributed by atoms with Crippen LogP contribution in [0.1, 0.15) is 24.0 Å². The van der Waals surface area contributed by atoms with Crippen molar-refractivity contribution in [2.75, 3.05) is 6.54 Å². The van der Waals surface area contributed by atoms with Crippen molar-refractivity contribution in [3.05, 3.63) is 77.6 Å². The lowest BCUT2D eigenvalue weighted by atomic mass is 10.1. The van der Waals surface area contributed by atoms with Crippen molar-refractivity contribution in [1.29, 1.82) is 0 Å². The summed E-state index contributed by atoms with van der Waals surface area (Å²) < 4.78 is 27.8. The highest BCUT2D eigenvalue weighted by atomic mass is 32.2. The van der Waals surface area contributed by atoms with Gasteiger partial charge in [-0.25, -0.2) is 8.42 Å². The monoisotopic (exact) mass is 342 g/mol. The van der Waals surface area contributed by atoms with Crippen LogP contribution >= 0.6 is 0 Å². The van der Waals surface area contributed by atoms with Crippen molar-refractivity contribution in [3.8, 4) is 0 Å². The molecule has 0 amide bonds. The normalized spacial score (nSPS) is 15.0. The average molecular weight is 342 g/mol. The van der Waals surface area contributed by atoms with Gasteiger partial charge < -0.3 is 4.90 Å². The molecule has 1 aliphatic heterocycles. The second-order valence-corrected chi connectivity index (χ2v) is 7.81. The van der Waals surface area contributed by atoms with Gasteiger partial charge in [0.15, 0.2) is 0 Å². The molecule has 3 rings (SSSR count). The average Bonchev–Trinajstić information content (AvgIpc) is 2.56. The van der Waals surface area contributed by atoms with Gasteiger partial charge in [0, 0.05) is 25.0 Å². The first-order valence-electron chi connectivity index (χ1n) is 8.11. The van der Waals surface area contributed by atoms with Crippen LogP contribution in [0.4, 0.5) is 0 Å². The minimum Gasteiger partial charge on any atom is -0.372 e. The van der Waals surface area contributed by atoms with Crippen molar-refractivity contribution >= 4 is 10.0 Å². The molecular formula is C19H22N2O2S. The number of rotatable bonds is 5. The molecule has 0 saturated carbocycles. The molecule has 2 aromatic rings. The summed E-state index contributed by atoms with van der Waals surface area (Å²) in [6, 6.07) is 17.1. The molecule has 5 heteroatoms. The first-order chi connectivity index (χ1) is 11.5. The van der Waals surface area contributed by atoms with E-state index in [1.165, 1.54) is 5.56 Å². The highest BCUT2D eigenvalue weighted by Gasteiger charge is 2.18. The Balaban J connectivity index is 1.72. The largest absolute Gasteiger partial charge is 0.372 e. The Morgan fingerprint density at radius 2 is 1.75 bits per heavy atom. The van der Waals surface area contributed by atoms with E-state index >= 15 is 0 Å². The van der Waals surface area contributed by atoms with E-state index in [4.69, 9.17) is 0 Å². The summed E-state index contributed by atoms with van der Waals surface area (Å²) in [6.45, 7) is 3.66. The van der Waals surface area contributed by atoms with E-state index in [0.717, 1.165) is 37.2 Å². The molecule has 0 atom stereocenters. The minimum absolute atomic E-state index is 0.300. The third-order valence-electron chi connectivity index (χ3n) is 4.06. The fourth-order valence-corrected chi connectivity index (χ4v) is 3.90. The van der Waals surface area contributed by atoms with Crippen molar-refractivity contribution in [2.24, 2.45) is 0 Å². The number of sulfonamides is 1. The number of aryl methyl sites for hydroxylation is 1. The van der Waals surface area contributed by atoms with E-state index < -0.39 is 10.0 Å². The molecule has 0 aliphatic carbocycles. The van der Waals surface area contributed by atoms with Gasteiger partial charge >= 0.3 is 0 Å². The number of benzene rings is 2. The summed E-state index contributed by atoms with van der Waals surface area (Å²) in [5.41, 5.74) is 3.01. The molecule has 24 heavy (non-hydrogen) atoms. The maximum atomic E-state index is 12.5. The number of nitrogens with zero attached hydrogens (tertiary/aromatic N) is 1. The summed E-state index contributed by atoms with van der Waals surface area (Å²) >= 11 is 0. The summed E-state index contributed by atoms with van der Waals surface area (Å²) in [5, 5.41) is 0. The van der Waals surface area contributed by atoms with Gasteiger partial charge in [0.05, 0.1) is 4.90 Å². The molecule has 0 aromatic heterocycles. The van der Waals surface area contributed by atoms with Crippen LogP contribution in [0, 0.1) is 6.92 Å². The first kappa shape index (κ1) is 16.6. The SMILES string of the molecule is Cc1ccc(S(=O)(=O)NC2=CN(Cc3ccccc3)CCC2)cc1. The van der Waals surface area contributed by atoms with Crippen LogP contribution in [-0.2, 0) is 16.6 Å². The molecule has 1 heterocycles. The summed E-state index contributed by atoms with van der Waals surface area (Å²) in [7, 11) is -3.52. The van der Waals surface area contributed by atoms with Crippen molar-refractivity contribution in [2.45, 2.75) is 31.2 Å². The van der Waals surface area contributed by atoms with Crippen LogP contribution in [-0.4, -0.2) is 19.9 Å². The van der Waals surface area contributed by atoms with Crippen LogP contribution < -0.4 is 4.72 Å². The Hall–Kier alpha value is -2.27. The van der Waals surface area contributed by atoms with Crippen LogP contribution in [0.5, 0.6) is 0 Å². The second-order valence-electron chi connectivity index (χ2n) is 6.13. The molecule has 1 N–H and O–H groups in total. The number of hydrogen-bond donors (Lipinski definition) is 1. The van der Waals surface area contributed by atoms with Crippen LogP contribution in [0.15, 0.2) is 71.4 Å². The minimum atomic E-state index is -3.52. The van der Waals surface area contributed by atoms with Gasteiger partial charge in [-0.05, 0) is 37.5 Å². The van der Waals surface area contributed by atoms with Crippen molar-refractivity contribution in [3.63, 3.8) is 0 Å². The van der Waals surface area contributed by atoms with E-state index in [1.54, 1.807) is 12.1 Å². The second kappa shape index (κ2) is 7.09. The van der Waals surface area contributed by atoms with E-state index in [2.05, 4.69) is 21.8 Å². The lowest BCUT2D eigenvalue weighted by molar-refractivity contribution is 0.338. The van der Waals surface area contributed by atoms with Crippen molar-refractivity contribution < 1.29 is 8.42 Å². The molecule has 126 valence electrons. The van der Waals surface area contributed by atoms with Gasteiger partial charge in [0.2, 0.25) is 0 Å². The van der Waals surface area contributed by atoms with E-state index in [0.29, 0.717) is 4.90 Å². The van der Waals surface area contributed by atoms with Gasteiger partial charge in [-0.15, -0.1) is 0 Å². The molecule has 0 saturated heterocycles. The molecule has 4 nitrogen and oxygen atoms in total. The zero-order chi connectivity index (χ0) is 17.0. The predicted molar refractivity (Wildman–Crippen MR) is 95.7 cm³/mol. The molecule has 0 spiro atoms. The van der Waals surface area contributed by atoms with Crippen molar-refractivity contribution in [1.82, 2.24) is 9.62 Å². The van der Waals surface area contributed by atoms with E-state index in [1.807, 2.05) is 43.5 Å². The maximum absolute atomic E-state index is 12.5. The Morgan fingerprint density at radius 1 is 1.04 bits per heavy atom. The van der Waals surface area contributed by atoms with E-state index in [-0.39, 0.29) is 0 Å². The first-order valence-corrected chi connectivity index (χ1v) is 9.59. The van der Waals surface area contributed by atoms with Crippen LogP contribution in [0.3, 0.4) is 0 Å². The summed E-state index contributed by atoms with van der Waals surface area (Å²) in [6.07, 6.45) is 3.62. The highest BCUT2D eigenvalue weighted by molar-refractivity contribution is 7.89. The van der Waals surface area contributed by atoms with Gasteiger partial charge in [-0.3, -0.25) is 4.72 Å². The molecule has 0 unspecified atom stereocenters. The van der Waals surface area contributed by atoms with Gasteiger partial charge in [0.1, 0.15) is 0 Å².